The number of nitrogens with one attached hydrogen (secondary N) is 2. The number of aliphatic carboxylic acids is 1. The molecule has 0 fully saturated rings. The van der Waals surface area contributed by atoms with Crippen LogP contribution in [0.2, 0.25) is 0 Å². The molecular formula is C32H28N2O4S. The Hall–Kier alpha value is -4.36. The van der Waals surface area contributed by atoms with E-state index in [1.165, 1.54) is 11.8 Å². The number of fused-ring (bicyclic) bond motifs is 1. The second kappa shape index (κ2) is 12.0. The average Bonchev–Trinajstić information content (AvgIpc) is 2.97. The first-order valence-electron chi connectivity index (χ1n) is 12.8. The van der Waals surface area contributed by atoms with Gasteiger partial charge in [-0.2, -0.15) is 0 Å². The number of hydrogen-bond acceptors (Lipinski definition) is 4. The molecule has 39 heavy (non-hydrogen) atoms. The fraction of sp³-hybridized carbons (Fsp3) is 0.156. The first-order valence-corrected chi connectivity index (χ1v) is 13.7. The summed E-state index contributed by atoms with van der Waals surface area (Å²) in [6, 6.07) is 30.7. The molecule has 0 spiro atoms. The fourth-order valence-electron chi connectivity index (χ4n) is 4.80. The van der Waals surface area contributed by atoms with Gasteiger partial charge >= 0.3 is 5.97 Å². The van der Waals surface area contributed by atoms with Crippen molar-refractivity contribution in [3.05, 3.63) is 115 Å². The van der Waals surface area contributed by atoms with Gasteiger partial charge < -0.3 is 15.7 Å². The molecule has 4 aromatic rings. The molecule has 0 aliphatic heterocycles. The van der Waals surface area contributed by atoms with Gasteiger partial charge in [0.25, 0.3) is 0 Å². The molecule has 0 aromatic heterocycles. The van der Waals surface area contributed by atoms with Crippen LogP contribution in [0, 0.1) is 11.8 Å². The SMILES string of the molecule is O=C(Nc1cccc2ccccc12)C(Sc1ccc(NC(=O)C2CC=CCC2C(=O)O)cc1)c1ccccc1. The third kappa shape index (κ3) is 6.21. The minimum absolute atomic E-state index is 0.134. The van der Waals surface area contributed by atoms with Crippen LogP contribution in [0.5, 0.6) is 0 Å². The molecule has 6 nitrogen and oxygen atoms in total. The van der Waals surface area contributed by atoms with Crippen LogP contribution < -0.4 is 10.6 Å². The molecule has 3 unspecified atom stereocenters. The molecule has 7 heteroatoms. The predicted octanol–water partition coefficient (Wildman–Crippen LogP) is 6.92. The number of thioether (sulfide) groups is 1. The van der Waals surface area contributed by atoms with E-state index >= 15 is 0 Å². The number of carboxylic acid groups (broad SMARTS) is 1. The number of amides is 2. The zero-order chi connectivity index (χ0) is 27.2. The van der Waals surface area contributed by atoms with Gasteiger partial charge in [-0.3, -0.25) is 14.4 Å². The van der Waals surface area contributed by atoms with Crippen molar-refractivity contribution < 1.29 is 19.5 Å². The van der Waals surface area contributed by atoms with E-state index in [0.29, 0.717) is 18.5 Å². The van der Waals surface area contributed by atoms with Crippen LogP contribution in [0.4, 0.5) is 11.4 Å². The van der Waals surface area contributed by atoms with E-state index in [4.69, 9.17) is 0 Å². The van der Waals surface area contributed by atoms with Crippen LogP contribution in [-0.2, 0) is 14.4 Å². The van der Waals surface area contributed by atoms with Gasteiger partial charge in [0, 0.05) is 21.7 Å². The summed E-state index contributed by atoms with van der Waals surface area (Å²) in [5.74, 6) is -2.73. The quantitative estimate of drug-likeness (QED) is 0.168. The van der Waals surface area contributed by atoms with E-state index in [1.807, 2.05) is 97.1 Å². The molecular weight excluding hydrogens is 508 g/mol. The molecule has 3 N–H and O–H groups in total. The summed E-state index contributed by atoms with van der Waals surface area (Å²) >= 11 is 1.42. The first kappa shape index (κ1) is 26.3. The summed E-state index contributed by atoms with van der Waals surface area (Å²) in [6.45, 7) is 0. The minimum atomic E-state index is -0.958. The predicted molar refractivity (Wildman–Crippen MR) is 156 cm³/mol. The van der Waals surface area contributed by atoms with Crippen molar-refractivity contribution in [3.8, 4) is 0 Å². The smallest absolute Gasteiger partial charge is 0.307 e. The number of allylic oxidation sites excluding steroid dienone is 2. The summed E-state index contributed by atoms with van der Waals surface area (Å²) in [5, 5.41) is 17.0. The van der Waals surface area contributed by atoms with E-state index in [1.54, 1.807) is 12.1 Å². The zero-order valence-electron chi connectivity index (χ0n) is 21.1. The summed E-state index contributed by atoms with van der Waals surface area (Å²) in [6.07, 6.45) is 4.43. The van der Waals surface area contributed by atoms with Crippen molar-refractivity contribution in [3.63, 3.8) is 0 Å². The van der Waals surface area contributed by atoms with Crippen molar-refractivity contribution in [2.24, 2.45) is 11.8 Å². The topological polar surface area (TPSA) is 95.5 Å². The highest BCUT2D eigenvalue weighted by molar-refractivity contribution is 8.00. The lowest BCUT2D eigenvalue weighted by molar-refractivity contribution is -0.146. The molecule has 4 aromatic carbocycles. The lowest BCUT2D eigenvalue weighted by Crippen LogP contribution is -2.34. The molecule has 0 radical (unpaired) electrons. The van der Waals surface area contributed by atoms with Gasteiger partial charge in [0.15, 0.2) is 0 Å². The summed E-state index contributed by atoms with van der Waals surface area (Å²) < 4.78 is 0. The van der Waals surface area contributed by atoms with Crippen molar-refractivity contribution in [1.82, 2.24) is 0 Å². The second-order valence-corrected chi connectivity index (χ2v) is 10.6. The van der Waals surface area contributed by atoms with E-state index in [2.05, 4.69) is 10.6 Å². The Bertz CT molecular complexity index is 1510. The lowest BCUT2D eigenvalue weighted by Gasteiger charge is -2.24. The Labute approximate surface area is 231 Å². The zero-order valence-corrected chi connectivity index (χ0v) is 21.9. The molecule has 5 rings (SSSR count). The maximum Gasteiger partial charge on any atom is 0.307 e. The molecule has 0 saturated carbocycles. The Balaban J connectivity index is 1.32. The molecule has 3 atom stereocenters. The number of carbonyl (C=O) groups is 3. The third-order valence-electron chi connectivity index (χ3n) is 6.85. The third-order valence-corrected chi connectivity index (χ3v) is 8.12. The summed E-state index contributed by atoms with van der Waals surface area (Å²) in [7, 11) is 0. The Kier molecular flexibility index (Phi) is 8.08. The Morgan fingerprint density at radius 2 is 1.41 bits per heavy atom. The largest absolute Gasteiger partial charge is 0.481 e. The number of carbonyl (C=O) groups excluding carboxylic acids is 2. The summed E-state index contributed by atoms with van der Waals surface area (Å²) in [5.41, 5.74) is 2.22. The van der Waals surface area contributed by atoms with Gasteiger partial charge in [0.2, 0.25) is 11.8 Å². The van der Waals surface area contributed by atoms with Gasteiger partial charge in [-0.1, -0.05) is 78.9 Å². The molecule has 196 valence electrons. The molecule has 0 bridgehead atoms. The highest BCUT2D eigenvalue weighted by atomic mass is 32.2. The van der Waals surface area contributed by atoms with E-state index in [-0.39, 0.29) is 11.8 Å². The van der Waals surface area contributed by atoms with Gasteiger partial charge in [0.05, 0.1) is 11.8 Å². The van der Waals surface area contributed by atoms with E-state index < -0.39 is 23.1 Å². The normalized spacial score (nSPS) is 17.3. The maximum absolute atomic E-state index is 13.6. The van der Waals surface area contributed by atoms with Crippen LogP contribution in [0.1, 0.15) is 23.7 Å². The number of anilines is 2. The Morgan fingerprint density at radius 1 is 0.744 bits per heavy atom. The average molecular weight is 537 g/mol. The number of carboxylic acids is 1. The number of benzene rings is 4. The standard InChI is InChI=1S/C32H28N2O4S/c35-30(26-14-6-7-15-27(26)32(37)38)33-23-17-19-24(20-18-23)39-29(22-10-2-1-3-11-22)31(36)34-28-16-8-12-21-9-4-5-13-25(21)28/h1-13,16-20,26-27,29H,14-15H2,(H,33,35)(H,34,36)(H,37,38). The lowest BCUT2D eigenvalue weighted by atomic mass is 9.82. The van der Waals surface area contributed by atoms with Crippen LogP contribution in [0.25, 0.3) is 10.8 Å². The number of rotatable bonds is 8. The van der Waals surface area contributed by atoms with Gasteiger partial charge in [0.1, 0.15) is 5.25 Å². The van der Waals surface area contributed by atoms with Crippen LogP contribution in [0.15, 0.2) is 114 Å². The highest BCUT2D eigenvalue weighted by Crippen LogP contribution is 2.37. The molecule has 1 aliphatic carbocycles. The van der Waals surface area contributed by atoms with Crippen molar-refractivity contribution >= 4 is 51.7 Å². The van der Waals surface area contributed by atoms with Crippen LogP contribution >= 0.6 is 11.8 Å². The van der Waals surface area contributed by atoms with Gasteiger partial charge in [-0.15, -0.1) is 11.8 Å². The maximum atomic E-state index is 13.6. The fourth-order valence-corrected chi connectivity index (χ4v) is 5.82. The number of hydrogen-bond donors (Lipinski definition) is 3. The van der Waals surface area contributed by atoms with Crippen molar-refractivity contribution in [1.29, 1.82) is 0 Å². The molecule has 0 saturated heterocycles. The van der Waals surface area contributed by atoms with Gasteiger partial charge in [-0.05, 0) is 54.1 Å². The van der Waals surface area contributed by atoms with Crippen LogP contribution in [-0.4, -0.2) is 22.9 Å². The minimum Gasteiger partial charge on any atom is -0.481 e. The van der Waals surface area contributed by atoms with Crippen molar-refractivity contribution in [2.75, 3.05) is 10.6 Å². The Morgan fingerprint density at radius 3 is 2.15 bits per heavy atom. The molecule has 0 heterocycles. The highest BCUT2D eigenvalue weighted by Gasteiger charge is 2.34. The van der Waals surface area contributed by atoms with E-state index in [9.17, 15) is 19.5 Å². The second-order valence-electron chi connectivity index (χ2n) is 9.43. The molecule has 2 amide bonds. The summed E-state index contributed by atoms with van der Waals surface area (Å²) in [4.78, 5) is 38.8. The van der Waals surface area contributed by atoms with Crippen LogP contribution in [0.3, 0.4) is 0 Å². The monoisotopic (exact) mass is 536 g/mol. The van der Waals surface area contributed by atoms with Crippen molar-refractivity contribution in [2.45, 2.75) is 23.0 Å². The first-order chi connectivity index (χ1) is 19.0. The van der Waals surface area contributed by atoms with Gasteiger partial charge in [-0.25, -0.2) is 0 Å². The van der Waals surface area contributed by atoms with E-state index in [0.717, 1.165) is 26.9 Å². The molecule has 1 aliphatic rings.